The van der Waals surface area contributed by atoms with E-state index in [4.69, 9.17) is 9.15 Å². The molecule has 0 radical (unpaired) electrons. The molecule has 38 heavy (non-hydrogen) atoms. The lowest BCUT2D eigenvalue weighted by atomic mass is 9.89. The Bertz CT molecular complexity index is 1480. The number of likely N-dealkylation sites (tertiary alicyclic amines) is 1. The summed E-state index contributed by atoms with van der Waals surface area (Å²) in [7, 11) is 2.15. The number of anilines is 3. The zero-order valence-electron chi connectivity index (χ0n) is 21.8. The quantitative estimate of drug-likeness (QED) is 0.331. The molecule has 2 aliphatic rings. The Hall–Kier alpha value is -3.72. The third kappa shape index (κ3) is 4.55. The van der Waals surface area contributed by atoms with E-state index in [1.165, 1.54) is 11.6 Å². The van der Waals surface area contributed by atoms with E-state index in [1.54, 1.807) is 6.07 Å². The topological polar surface area (TPSA) is 66.7 Å². The van der Waals surface area contributed by atoms with Gasteiger partial charge >= 0.3 is 0 Å². The van der Waals surface area contributed by atoms with Gasteiger partial charge in [-0.25, -0.2) is 18.7 Å². The Balaban J connectivity index is 1.31. The minimum Gasteiger partial charge on any atom is -0.486 e. The predicted molar refractivity (Wildman–Crippen MR) is 144 cm³/mol. The Labute approximate surface area is 220 Å². The van der Waals surface area contributed by atoms with Crippen LogP contribution in [0.5, 0.6) is 5.75 Å². The highest BCUT2D eigenvalue weighted by atomic mass is 19.1. The van der Waals surface area contributed by atoms with E-state index < -0.39 is 11.6 Å². The Kier molecular flexibility index (Phi) is 6.39. The predicted octanol–water partition coefficient (Wildman–Crippen LogP) is 6.33. The van der Waals surface area contributed by atoms with Crippen molar-refractivity contribution in [3.05, 3.63) is 60.0 Å². The maximum atomic E-state index is 15.0. The number of furan rings is 1. The molecule has 7 nitrogen and oxygen atoms in total. The number of hydrogen-bond acceptors (Lipinski definition) is 7. The number of nitrogens with zero attached hydrogens (tertiary/aromatic N) is 4. The first kappa shape index (κ1) is 24.6. The van der Waals surface area contributed by atoms with Crippen molar-refractivity contribution in [1.82, 2.24) is 14.9 Å². The molecule has 0 spiro atoms. The van der Waals surface area contributed by atoms with Gasteiger partial charge in [-0.2, -0.15) is 0 Å². The summed E-state index contributed by atoms with van der Waals surface area (Å²) in [5.74, 6) is -0.306. The number of nitrogens with one attached hydrogen (secondary N) is 1. The summed E-state index contributed by atoms with van der Waals surface area (Å²) in [5.41, 5.74) is 3.75. The van der Waals surface area contributed by atoms with Crippen molar-refractivity contribution in [2.45, 2.75) is 38.6 Å². The molecule has 6 rings (SSSR count). The molecule has 0 aliphatic carbocycles. The first-order chi connectivity index (χ1) is 18.4. The van der Waals surface area contributed by atoms with Crippen LogP contribution in [0.1, 0.15) is 38.2 Å². The summed E-state index contributed by atoms with van der Waals surface area (Å²) >= 11 is 0. The highest BCUT2D eigenvalue weighted by molar-refractivity contribution is 5.86. The standard InChI is InChI=1S/C29H31F2N5O2/c1-17(2)36-10-11-37-28-23(30)12-19(13-25(28)36)27-24(31)15-32-29(34-27)33-20-4-5-26-21(14-20)22(16-38-26)18-6-8-35(3)9-7-18/h4-5,12-18H,6-11H2,1-3H3,(H,32,33,34). The first-order valence-corrected chi connectivity index (χ1v) is 13.1. The molecular formula is C29H31F2N5O2. The lowest BCUT2D eigenvalue weighted by Gasteiger charge is -2.34. The minimum absolute atomic E-state index is 0.0230. The Morgan fingerprint density at radius 3 is 2.66 bits per heavy atom. The number of aromatic nitrogens is 2. The largest absolute Gasteiger partial charge is 0.486 e. The van der Waals surface area contributed by atoms with Crippen LogP contribution in [0.3, 0.4) is 0 Å². The van der Waals surface area contributed by atoms with E-state index in [0.29, 0.717) is 30.3 Å². The van der Waals surface area contributed by atoms with E-state index >= 15 is 4.39 Å². The Morgan fingerprint density at radius 2 is 1.87 bits per heavy atom. The molecule has 1 saturated heterocycles. The summed E-state index contributed by atoms with van der Waals surface area (Å²) in [6.07, 6.45) is 5.15. The van der Waals surface area contributed by atoms with E-state index in [9.17, 15) is 4.39 Å². The van der Waals surface area contributed by atoms with Crippen molar-refractivity contribution in [1.29, 1.82) is 0 Å². The van der Waals surface area contributed by atoms with Crippen molar-refractivity contribution >= 4 is 28.3 Å². The normalized spacial score (nSPS) is 16.6. The van der Waals surface area contributed by atoms with Gasteiger partial charge in [-0.05, 0) is 83.1 Å². The number of halogens is 2. The molecule has 2 aliphatic heterocycles. The molecule has 2 aromatic heterocycles. The van der Waals surface area contributed by atoms with E-state index in [-0.39, 0.29) is 23.4 Å². The number of rotatable bonds is 5. The van der Waals surface area contributed by atoms with E-state index in [0.717, 1.165) is 48.8 Å². The average Bonchev–Trinajstić information content (AvgIpc) is 3.33. The highest BCUT2D eigenvalue weighted by Gasteiger charge is 2.26. The Morgan fingerprint density at radius 1 is 1.05 bits per heavy atom. The number of benzene rings is 2. The van der Waals surface area contributed by atoms with Crippen molar-refractivity contribution in [2.24, 2.45) is 0 Å². The zero-order valence-corrected chi connectivity index (χ0v) is 21.8. The molecule has 0 atom stereocenters. The van der Waals surface area contributed by atoms with Gasteiger partial charge in [-0.1, -0.05) is 0 Å². The van der Waals surface area contributed by atoms with Gasteiger partial charge in [-0.15, -0.1) is 0 Å². The molecule has 4 heterocycles. The van der Waals surface area contributed by atoms with Crippen LogP contribution in [0.2, 0.25) is 0 Å². The maximum absolute atomic E-state index is 15.0. The molecule has 0 bridgehead atoms. The second-order valence-electron chi connectivity index (χ2n) is 10.4. The first-order valence-electron chi connectivity index (χ1n) is 13.1. The molecule has 198 valence electrons. The van der Waals surface area contributed by atoms with Crippen LogP contribution in [0, 0.1) is 11.6 Å². The van der Waals surface area contributed by atoms with Crippen LogP contribution in [0.15, 0.2) is 47.2 Å². The van der Waals surface area contributed by atoms with Crippen LogP contribution in [0.4, 0.5) is 26.1 Å². The van der Waals surface area contributed by atoms with Gasteiger partial charge < -0.3 is 24.3 Å². The van der Waals surface area contributed by atoms with Crippen LogP contribution in [-0.4, -0.2) is 54.2 Å². The second-order valence-corrected chi connectivity index (χ2v) is 10.4. The van der Waals surface area contributed by atoms with E-state index in [2.05, 4.69) is 27.2 Å². The van der Waals surface area contributed by atoms with Crippen LogP contribution < -0.4 is 15.0 Å². The minimum atomic E-state index is -0.627. The third-order valence-electron chi connectivity index (χ3n) is 7.57. The van der Waals surface area contributed by atoms with Crippen molar-refractivity contribution in [3.8, 4) is 17.0 Å². The number of ether oxygens (including phenoxy) is 1. The average molecular weight is 520 g/mol. The van der Waals surface area contributed by atoms with Gasteiger partial charge in [0.2, 0.25) is 5.95 Å². The zero-order chi connectivity index (χ0) is 26.4. The lowest BCUT2D eigenvalue weighted by Crippen LogP contribution is -2.38. The van der Waals surface area contributed by atoms with Crippen molar-refractivity contribution in [3.63, 3.8) is 0 Å². The van der Waals surface area contributed by atoms with Gasteiger partial charge in [0.1, 0.15) is 17.9 Å². The van der Waals surface area contributed by atoms with Crippen LogP contribution in [-0.2, 0) is 0 Å². The number of fused-ring (bicyclic) bond motifs is 2. The lowest BCUT2D eigenvalue weighted by molar-refractivity contribution is 0.255. The van der Waals surface area contributed by atoms with Crippen molar-refractivity contribution in [2.75, 3.05) is 43.5 Å². The fraction of sp³-hybridized carbons (Fsp3) is 0.379. The van der Waals surface area contributed by atoms with Gasteiger partial charge in [0.15, 0.2) is 17.4 Å². The molecule has 0 saturated carbocycles. The molecule has 1 N–H and O–H groups in total. The molecule has 2 aromatic carbocycles. The molecule has 1 fully saturated rings. The fourth-order valence-corrected chi connectivity index (χ4v) is 5.50. The smallest absolute Gasteiger partial charge is 0.227 e. The second kappa shape index (κ2) is 9.87. The number of piperidine rings is 1. The highest BCUT2D eigenvalue weighted by Crippen LogP contribution is 2.40. The van der Waals surface area contributed by atoms with Crippen molar-refractivity contribution < 1.29 is 17.9 Å². The van der Waals surface area contributed by atoms with Crippen LogP contribution >= 0.6 is 0 Å². The van der Waals surface area contributed by atoms with Gasteiger partial charge in [0.25, 0.3) is 0 Å². The molecule has 4 aromatic rings. The molecular weight excluding hydrogens is 488 g/mol. The van der Waals surface area contributed by atoms with E-state index in [1.807, 2.05) is 43.2 Å². The fourth-order valence-electron chi connectivity index (χ4n) is 5.50. The molecule has 0 unspecified atom stereocenters. The third-order valence-corrected chi connectivity index (χ3v) is 7.57. The summed E-state index contributed by atoms with van der Waals surface area (Å²) < 4.78 is 41.4. The molecule has 9 heteroatoms. The maximum Gasteiger partial charge on any atom is 0.227 e. The van der Waals surface area contributed by atoms with Gasteiger partial charge in [0, 0.05) is 28.2 Å². The number of hydrogen-bond donors (Lipinski definition) is 1. The molecule has 0 amide bonds. The SMILES string of the molecule is CC(C)N1CCOc2c(F)cc(-c3nc(Nc4ccc5occ(C6CCN(C)CC6)c5c4)ncc3F)cc21. The summed E-state index contributed by atoms with van der Waals surface area (Å²) in [4.78, 5) is 13.0. The van der Waals surface area contributed by atoms with Crippen LogP contribution in [0.25, 0.3) is 22.2 Å². The summed E-state index contributed by atoms with van der Waals surface area (Å²) in [6.45, 7) is 7.21. The van der Waals surface area contributed by atoms with Gasteiger partial charge in [-0.3, -0.25) is 0 Å². The monoisotopic (exact) mass is 519 g/mol. The summed E-state index contributed by atoms with van der Waals surface area (Å²) in [6, 6.07) is 8.96. The van der Waals surface area contributed by atoms with Gasteiger partial charge in [0.05, 0.1) is 24.7 Å². The summed E-state index contributed by atoms with van der Waals surface area (Å²) in [5, 5.41) is 4.25.